The summed E-state index contributed by atoms with van der Waals surface area (Å²) in [5.74, 6) is -0.981. The predicted molar refractivity (Wildman–Crippen MR) is 123 cm³/mol. The van der Waals surface area contributed by atoms with Gasteiger partial charge in [-0.05, 0) is 29.8 Å². The number of rotatable bonds is 5. The minimum Gasteiger partial charge on any atom is -0.496 e. The van der Waals surface area contributed by atoms with E-state index in [1.54, 1.807) is 24.4 Å². The molecule has 1 atom stereocenters. The van der Waals surface area contributed by atoms with E-state index in [0.29, 0.717) is 22.4 Å². The first kappa shape index (κ1) is 23.1. The van der Waals surface area contributed by atoms with Gasteiger partial charge in [0.15, 0.2) is 17.8 Å². The average molecular weight is 476 g/mol. The summed E-state index contributed by atoms with van der Waals surface area (Å²) in [6.07, 6.45) is 1.78. The first-order valence-electron chi connectivity index (χ1n) is 10.1. The summed E-state index contributed by atoms with van der Waals surface area (Å²) in [7, 11) is 1.47. The highest BCUT2D eigenvalue weighted by atomic mass is 19.1. The summed E-state index contributed by atoms with van der Waals surface area (Å²) < 4.78 is 38.2. The van der Waals surface area contributed by atoms with E-state index in [2.05, 4.69) is 20.6 Å². The van der Waals surface area contributed by atoms with E-state index in [4.69, 9.17) is 26.2 Å². The molecule has 1 unspecified atom stereocenters. The fraction of sp³-hybridized carbons (Fsp3) is 0.130. The summed E-state index contributed by atoms with van der Waals surface area (Å²) in [5, 5.41) is 23.8. The lowest BCUT2D eigenvalue weighted by Gasteiger charge is -2.26. The maximum absolute atomic E-state index is 14.0. The number of hydrogen-bond donors (Lipinski definition) is 4. The fourth-order valence-electron chi connectivity index (χ4n) is 3.65. The Hall–Kier alpha value is -5.10. The van der Waals surface area contributed by atoms with Gasteiger partial charge in [-0.25, -0.2) is 18.8 Å². The molecule has 1 aromatic heterocycles. The second-order valence-corrected chi connectivity index (χ2v) is 7.34. The molecule has 4 rings (SSSR count). The number of aliphatic imine (C=N–C) groups is 1. The van der Waals surface area contributed by atoms with E-state index < -0.39 is 17.7 Å². The molecule has 0 bridgehead atoms. The largest absolute Gasteiger partial charge is 0.496 e. The number of hydrogen-bond acceptors (Lipinski definition) is 10. The van der Waals surface area contributed by atoms with Crippen molar-refractivity contribution >= 4 is 23.3 Å². The van der Waals surface area contributed by atoms with Crippen molar-refractivity contribution in [1.29, 1.82) is 10.5 Å². The van der Waals surface area contributed by atoms with E-state index in [9.17, 15) is 14.0 Å². The van der Waals surface area contributed by atoms with Crippen LogP contribution in [0, 0.1) is 34.4 Å². The van der Waals surface area contributed by atoms with Gasteiger partial charge in [0.2, 0.25) is 5.96 Å². The Kier molecular flexibility index (Phi) is 6.20. The summed E-state index contributed by atoms with van der Waals surface area (Å²) >= 11 is 0. The van der Waals surface area contributed by atoms with Gasteiger partial charge in [-0.2, -0.15) is 10.5 Å². The van der Waals surface area contributed by atoms with Gasteiger partial charge in [-0.1, -0.05) is 6.07 Å². The number of aromatic nitrogens is 1. The number of nitrogens with two attached hydrogens (primary N) is 2. The molecule has 1 aliphatic rings. The van der Waals surface area contributed by atoms with Crippen molar-refractivity contribution in [2.75, 3.05) is 23.9 Å². The van der Waals surface area contributed by atoms with Crippen LogP contribution in [0.15, 0.2) is 41.4 Å². The second-order valence-electron chi connectivity index (χ2n) is 7.34. The number of anilines is 3. The predicted octanol–water partition coefficient (Wildman–Crippen LogP) is 2.93. The Labute approximate surface area is 198 Å². The van der Waals surface area contributed by atoms with Gasteiger partial charge in [-0.15, -0.1) is 0 Å². The number of nitrogens with one attached hydrogen (secondary N) is 2. The molecule has 1 aliphatic heterocycles. The van der Waals surface area contributed by atoms with Gasteiger partial charge in [0.1, 0.15) is 47.5 Å². The molecule has 0 amide bonds. The smallest absolute Gasteiger partial charge is 0.211 e. The zero-order chi connectivity index (χ0) is 25.1. The first-order chi connectivity index (χ1) is 16.9. The summed E-state index contributed by atoms with van der Waals surface area (Å²) in [5.41, 5.74) is 13.7. The number of nitrogen functional groups attached to an aromatic ring is 2. The molecular formula is C23H18F2N8O2. The molecule has 2 aromatic carbocycles. The molecule has 0 saturated carbocycles. The van der Waals surface area contributed by atoms with Gasteiger partial charge in [0.05, 0.1) is 12.8 Å². The average Bonchev–Trinajstić information content (AvgIpc) is 2.83. The summed E-state index contributed by atoms with van der Waals surface area (Å²) in [6.45, 7) is -0.108. The molecule has 6 N–H and O–H groups in total. The van der Waals surface area contributed by atoms with Gasteiger partial charge in [0, 0.05) is 17.2 Å². The van der Waals surface area contributed by atoms with Crippen LogP contribution in [-0.2, 0) is 6.61 Å². The number of guanidine groups is 1. The third kappa shape index (κ3) is 4.41. The Morgan fingerprint density at radius 3 is 2.60 bits per heavy atom. The Bertz CT molecular complexity index is 1430. The molecule has 176 valence electrons. The first-order valence-corrected chi connectivity index (χ1v) is 10.1. The highest BCUT2D eigenvalue weighted by molar-refractivity contribution is 5.98. The van der Waals surface area contributed by atoms with Crippen LogP contribution in [0.4, 0.5) is 26.1 Å². The molecule has 0 spiro atoms. The van der Waals surface area contributed by atoms with E-state index in [1.807, 2.05) is 6.07 Å². The molecule has 10 nitrogen and oxygen atoms in total. The Morgan fingerprint density at radius 1 is 1.14 bits per heavy atom. The van der Waals surface area contributed by atoms with Crippen LogP contribution in [-0.4, -0.2) is 18.1 Å². The van der Waals surface area contributed by atoms with Crippen molar-refractivity contribution in [2.45, 2.75) is 12.6 Å². The molecule has 0 radical (unpaired) electrons. The van der Waals surface area contributed by atoms with Crippen molar-refractivity contribution in [3.63, 3.8) is 0 Å². The highest BCUT2D eigenvalue weighted by Gasteiger charge is 2.30. The normalized spacial score (nSPS) is 14.0. The highest BCUT2D eigenvalue weighted by Crippen LogP contribution is 2.41. The lowest BCUT2D eigenvalue weighted by molar-refractivity contribution is 0.281. The topological polar surface area (TPSA) is 167 Å². The molecule has 0 fully saturated rings. The lowest BCUT2D eigenvalue weighted by atomic mass is 9.94. The van der Waals surface area contributed by atoms with E-state index in [1.165, 1.54) is 13.2 Å². The quantitative estimate of drug-likeness (QED) is 0.320. The van der Waals surface area contributed by atoms with Gasteiger partial charge in [-0.3, -0.25) is 5.32 Å². The van der Waals surface area contributed by atoms with Crippen LogP contribution in [0.1, 0.15) is 28.3 Å². The minimum absolute atomic E-state index is 0.00583. The molecule has 0 aliphatic carbocycles. The van der Waals surface area contributed by atoms with Crippen molar-refractivity contribution in [3.8, 4) is 23.8 Å². The zero-order valence-electron chi connectivity index (χ0n) is 18.3. The van der Waals surface area contributed by atoms with E-state index in [-0.39, 0.29) is 41.2 Å². The Balaban J connectivity index is 1.77. The number of halogens is 2. The monoisotopic (exact) mass is 476 g/mol. The number of pyridine rings is 1. The SMILES string of the molecule is COc1ccc(C2N=C(NC#N)Nc3nc(N)c(C#N)c(N)c32)cc1COc1ccc(F)cc1F. The number of nitrogens with zero attached hydrogens (tertiary/aromatic N) is 4. The molecule has 3 aromatic rings. The van der Waals surface area contributed by atoms with Crippen molar-refractivity contribution in [3.05, 3.63) is 70.3 Å². The molecule has 0 saturated heterocycles. The fourth-order valence-corrected chi connectivity index (χ4v) is 3.65. The van der Waals surface area contributed by atoms with Gasteiger partial charge < -0.3 is 26.3 Å². The Morgan fingerprint density at radius 2 is 1.91 bits per heavy atom. The standard InChI is InChI=1S/C23H18F2N8O2/c1-34-16-4-2-11(6-12(16)9-35-17-5-3-13(24)7-15(17)25)20-18-19(28)14(8-26)21(29)32-22(18)33-23(31-20)30-10-27/h2-7,20H,9H2,1H3,(H6,28,29,30,31,32,33). The number of methoxy groups -OCH3 is 1. The maximum Gasteiger partial charge on any atom is 0.211 e. The van der Waals surface area contributed by atoms with Crippen LogP contribution in [0.25, 0.3) is 0 Å². The van der Waals surface area contributed by atoms with Crippen LogP contribution in [0.2, 0.25) is 0 Å². The number of nitriles is 2. The summed E-state index contributed by atoms with van der Waals surface area (Å²) in [4.78, 5) is 8.72. The molecule has 12 heteroatoms. The van der Waals surface area contributed by atoms with Gasteiger partial charge in [0.25, 0.3) is 0 Å². The zero-order valence-corrected chi connectivity index (χ0v) is 18.3. The number of fused-ring (bicyclic) bond motifs is 1. The van der Waals surface area contributed by atoms with Crippen molar-refractivity contribution in [2.24, 2.45) is 4.99 Å². The van der Waals surface area contributed by atoms with Crippen LogP contribution >= 0.6 is 0 Å². The van der Waals surface area contributed by atoms with Gasteiger partial charge >= 0.3 is 0 Å². The molecule has 35 heavy (non-hydrogen) atoms. The van der Waals surface area contributed by atoms with E-state index in [0.717, 1.165) is 12.1 Å². The second kappa shape index (κ2) is 9.41. The number of benzene rings is 2. The van der Waals surface area contributed by atoms with Crippen molar-refractivity contribution in [1.82, 2.24) is 10.3 Å². The molecular weight excluding hydrogens is 458 g/mol. The third-order valence-corrected chi connectivity index (χ3v) is 5.25. The number of ether oxygens (including phenoxy) is 2. The minimum atomic E-state index is -0.843. The summed E-state index contributed by atoms with van der Waals surface area (Å²) in [6, 6.07) is 9.24. The lowest BCUT2D eigenvalue weighted by Crippen LogP contribution is -2.32. The van der Waals surface area contributed by atoms with Crippen LogP contribution in [0.5, 0.6) is 11.5 Å². The van der Waals surface area contributed by atoms with Crippen LogP contribution in [0.3, 0.4) is 0 Å². The maximum atomic E-state index is 14.0. The van der Waals surface area contributed by atoms with E-state index >= 15 is 0 Å². The third-order valence-electron chi connectivity index (χ3n) is 5.25. The molecule has 2 heterocycles. The van der Waals surface area contributed by atoms with Crippen molar-refractivity contribution < 1.29 is 18.3 Å². The van der Waals surface area contributed by atoms with Crippen LogP contribution < -0.4 is 31.6 Å².